The molecule has 0 aliphatic heterocycles. The van der Waals surface area contributed by atoms with Crippen LogP contribution in [0, 0.1) is 5.92 Å². The molecule has 0 spiro atoms. The fourth-order valence-corrected chi connectivity index (χ4v) is 2.47. The molecule has 1 atom stereocenters. The molecule has 6 nitrogen and oxygen atoms in total. The van der Waals surface area contributed by atoms with Crippen molar-refractivity contribution in [2.45, 2.75) is 45.4 Å². The van der Waals surface area contributed by atoms with Gasteiger partial charge >= 0.3 is 5.97 Å². The van der Waals surface area contributed by atoms with E-state index in [9.17, 15) is 14.4 Å². The molecule has 1 aromatic rings. The number of primary amides is 1. The van der Waals surface area contributed by atoms with E-state index in [1.54, 1.807) is 19.1 Å². The number of hydrogen-bond acceptors (Lipinski definition) is 3. The maximum Gasteiger partial charge on any atom is 0.303 e. The monoisotopic (exact) mass is 354 g/mol. The summed E-state index contributed by atoms with van der Waals surface area (Å²) >= 11 is 6.32. The highest BCUT2D eigenvalue weighted by molar-refractivity contribution is 6.34. The van der Waals surface area contributed by atoms with Gasteiger partial charge in [-0.05, 0) is 37.3 Å². The minimum Gasteiger partial charge on any atom is -0.481 e. The van der Waals surface area contributed by atoms with Gasteiger partial charge in [-0.2, -0.15) is 0 Å². The third-order valence-electron chi connectivity index (χ3n) is 3.69. The molecule has 2 amide bonds. The Morgan fingerprint density at radius 1 is 1.25 bits per heavy atom. The molecule has 0 radical (unpaired) electrons. The van der Waals surface area contributed by atoms with Crippen molar-refractivity contribution in [3.8, 4) is 0 Å². The Morgan fingerprint density at radius 3 is 2.58 bits per heavy atom. The number of rotatable bonds is 10. The molecule has 0 aromatic heterocycles. The molecular formula is C17H23ClN2O4. The highest BCUT2D eigenvalue weighted by Crippen LogP contribution is 2.28. The predicted molar refractivity (Wildman–Crippen MR) is 92.9 cm³/mol. The summed E-state index contributed by atoms with van der Waals surface area (Å²) in [5.41, 5.74) is 6.47. The number of carbonyl (C=O) groups is 3. The van der Waals surface area contributed by atoms with Crippen LogP contribution in [0.5, 0.6) is 0 Å². The van der Waals surface area contributed by atoms with Crippen molar-refractivity contribution in [3.63, 3.8) is 0 Å². The number of aliphatic carboxylic acids is 1. The van der Waals surface area contributed by atoms with Crippen LogP contribution in [0.25, 0.3) is 0 Å². The lowest BCUT2D eigenvalue weighted by Gasteiger charge is -2.14. The summed E-state index contributed by atoms with van der Waals surface area (Å²) < 4.78 is 0. The van der Waals surface area contributed by atoms with Crippen molar-refractivity contribution in [1.29, 1.82) is 0 Å². The molecule has 0 bridgehead atoms. The lowest BCUT2D eigenvalue weighted by molar-refractivity contribution is -0.137. The van der Waals surface area contributed by atoms with E-state index in [1.165, 1.54) is 0 Å². The van der Waals surface area contributed by atoms with E-state index in [4.69, 9.17) is 22.4 Å². The number of unbranched alkanes of at least 4 members (excludes halogenated alkanes) is 1. The number of aryl methyl sites for hydroxylation is 1. The number of carbonyl (C=O) groups excluding carboxylic acids is 2. The van der Waals surface area contributed by atoms with Crippen LogP contribution >= 0.6 is 11.6 Å². The molecule has 1 unspecified atom stereocenters. The van der Waals surface area contributed by atoms with Crippen LogP contribution in [0.2, 0.25) is 5.02 Å². The smallest absolute Gasteiger partial charge is 0.303 e. The third kappa shape index (κ3) is 7.00. The van der Waals surface area contributed by atoms with E-state index in [1.807, 2.05) is 6.07 Å². The Labute approximate surface area is 146 Å². The molecular weight excluding hydrogens is 332 g/mol. The van der Waals surface area contributed by atoms with Crippen LogP contribution in [0.4, 0.5) is 5.69 Å². The maximum absolute atomic E-state index is 12.1. The highest BCUT2D eigenvalue weighted by atomic mass is 35.5. The molecule has 0 saturated carbocycles. The highest BCUT2D eigenvalue weighted by Gasteiger charge is 2.16. The molecule has 0 aliphatic rings. The van der Waals surface area contributed by atoms with Gasteiger partial charge in [-0.25, -0.2) is 0 Å². The Balaban J connectivity index is 2.62. The van der Waals surface area contributed by atoms with Crippen molar-refractivity contribution in [1.82, 2.24) is 0 Å². The summed E-state index contributed by atoms with van der Waals surface area (Å²) in [6.45, 7) is 1.72. The zero-order chi connectivity index (χ0) is 18.1. The van der Waals surface area contributed by atoms with Crippen LogP contribution in [0.15, 0.2) is 18.2 Å². The zero-order valence-corrected chi connectivity index (χ0v) is 14.4. The second kappa shape index (κ2) is 9.93. The summed E-state index contributed by atoms with van der Waals surface area (Å²) in [7, 11) is 0. The molecule has 24 heavy (non-hydrogen) atoms. The minimum atomic E-state index is -0.813. The van der Waals surface area contributed by atoms with Crippen LogP contribution in [0.1, 0.15) is 44.6 Å². The van der Waals surface area contributed by atoms with Crippen molar-refractivity contribution in [2.24, 2.45) is 11.7 Å². The van der Waals surface area contributed by atoms with Gasteiger partial charge in [0.15, 0.2) is 0 Å². The summed E-state index contributed by atoms with van der Waals surface area (Å²) in [6.07, 6.45) is 2.60. The van der Waals surface area contributed by atoms with Crippen LogP contribution in [-0.2, 0) is 20.8 Å². The number of benzene rings is 1. The van der Waals surface area contributed by atoms with Gasteiger partial charge in [-0.1, -0.05) is 30.7 Å². The largest absolute Gasteiger partial charge is 0.481 e. The minimum absolute atomic E-state index is 0.130. The van der Waals surface area contributed by atoms with Gasteiger partial charge in [-0.15, -0.1) is 0 Å². The number of nitrogens with two attached hydrogens (primary N) is 1. The fraction of sp³-hybridized carbons (Fsp3) is 0.471. The van der Waals surface area contributed by atoms with Crippen LogP contribution in [0.3, 0.4) is 0 Å². The van der Waals surface area contributed by atoms with E-state index >= 15 is 0 Å². The SMILES string of the molecule is CC(CCC(N)=O)C(=O)Nc1cccc(CCCCC(=O)O)c1Cl. The van der Waals surface area contributed by atoms with Crippen LogP contribution < -0.4 is 11.1 Å². The topological polar surface area (TPSA) is 109 Å². The van der Waals surface area contributed by atoms with E-state index in [0.29, 0.717) is 36.4 Å². The average Bonchev–Trinajstić information content (AvgIpc) is 2.52. The van der Waals surface area contributed by atoms with E-state index < -0.39 is 11.9 Å². The Morgan fingerprint density at radius 2 is 1.96 bits per heavy atom. The summed E-state index contributed by atoms with van der Waals surface area (Å²) in [5.74, 6) is -1.82. The van der Waals surface area contributed by atoms with E-state index in [0.717, 1.165) is 5.56 Å². The maximum atomic E-state index is 12.1. The lowest BCUT2D eigenvalue weighted by atomic mass is 10.0. The van der Waals surface area contributed by atoms with Crippen molar-refractivity contribution in [3.05, 3.63) is 28.8 Å². The number of nitrogens with one attached hydrogen (secondary N) is 1. The molecule has 7 heteroatoms. The van der Waals surface area contributed by atoms with Gasteiger partial charge < -0.3 is 16.2 Å². The molecule has 0 fully saturated rings. The van der Waals surface area contributed by atoms with Gasteiger partial charge in [0.1, 0.15) is 0 Å². The lowest BCUT2D eigenvalue weighted by Crippen LogP contribution is -2.22. The molecule has 0 heterocycles. The number of carboxylic acids is 1. The molecule has 1 aromatic carbocycles. The second-order valence-electron chi connectivity index (χ2n) is 5.77. The summed E-state index contributed by atoms with van der Waals surface area (Å²) in [4.78, 5) is 33.4. The number of anilines is 1. The first kappa shape index (κ1) is 20.0. The van der Waals surface area contributed by atoms with Gasteiger partial charge in [0.2, 0.25) is 11.8 Å². The number of carboxylic acid groups (broad SMARTS) is 1. The van der Waals surface area contributed by atoms with Gasteiger partial charge in [0.05, 0.1) is 10.7 Å². The predicted octanol–water partition coefficient (Wildman–Crippen LogP) is 2.98. The Hall–Kier alpha value is -2.08. The molecule has 132 valence electrons. The summed E-state index contributed by atoms with van der Waals surface area (Å²) in [5, 5.41) is 11.9. The molecule has 0 saturated heterocycles. The van der Waals surface area contributed by atoms with Gasteiger partial charge in [0.25, 0.3) is 0 Å². The first-order valence-electron chi connectivity index (χ1n) is 7.89. The quantitative estimate of drug-likeness (QED) is 0.561. The first-order chi connectivity index (χ1) is 11.3. The van der Waals surface area contributed by atoms with E-state index in [-0.39, 0.29) is 24.7 Å². The normalized spacial score (nSPS) is 11.8. The third-order valence-corrected chi connectivity index (χ3v) is 4.14. The molecule has 4 N–H and O–H groups in total. The average molecular weight is 355 g/mol. The molecule has 0 aliphatic carbocycles. The fourth-order valence-electron chi connectivity index (χ4n) is 2.21. The van der Waals surface area contributed by atoms with Crippen LogP contribution in [-0.4, -0.2) is 22.9 Å². The first-order valence-corrected chi connectivity index (χ1v) is 8.27. The standard InChI is InChI=1S/C17H23ClN2O4/c1-11(9-10-14(19)21)17(24)20-13-7-4-6-12(16(13)18)5-2-3-8-15(22)23/h4,6-7,11H,2-3,5,8-10H2,1H3,(H2,19,21)(H,20,24)(H,22,23). The summed E-state index contributed by atoms with van der Waals surface area (Å²) in [6, 6.07) is 5.36. The van der Waals surface area contributed by atoms with E-state index in [2.05, 4.69) is 5.32 Å². The zero-order valence-electron chi connectivity index (χ0n) is 13.7. The van der Waals surface area contributed by atoms with Gasteiger partial charge in [-0.3, -0.25) is 14.4 Å². The number of hydrogen-bond donors (Lipinski definition) is 3. The van der Waals surface area contributed by atoms with Gasteiger partial charge in [0, 0.05) is 18.8 Å². The van der Waals surface area contributed by atoms with Crippen molar-refractivity contribution >= 4 is 35.1 Å². The van der Waals surface area contributed by atoms with Crippen molar-refractivity contribution in [2.75, 3.05) is 5.32 Å². The Kier molecular flexibility index (Phi) is 8.26. The molecule has 1 rings (SSSR count). The number of amides is 2. The number of halogens is 1. The van der Waals surface area contributed by atoms with Crippen molar-refractivity contribution < 1.29 is 19.5 Å². The Bertz CT molecular complexity index is 604. The second-order valence-corrected chi connectivity index (χ2v) is 6.15.